The molecule has 4 aromatic carbocycles. The second kappa shape index (κ2) is 19.2. The van der Waals surface area contributed by atoms with Crippen LogP contribution < -0.4 is 14.6 Å². The fourth-order valence-electron chi connectivity index (χ4n) is 4.59. The molecule has 1 N–H and O–H groups in total. The van der Waals surface area contributed by atoms with E-state index < -0.39 is 7.37 Å². The largest absolute Gasteiger partial charge is 0.513 e. The van der Waals surface area contributed by atoms with E-state index in [0.717, 1.165) is 40.6 Å². The third-order valence-corrected chi connectivity index (χ3v) is 10.0. The first-order valence-corrected chi connectivity index (χ1v) is 17.3. The molecule has 0 radical (unpaired) electrons. The number of aliphatic hydroxyl groups is 1. The van der Waals surface area contributed by atoms with Gasteiger partial charge in [0.1, 0.15) is 11.5 Å². The molecule has 4 aromatic rings. The number of allylic oxidation sites excluding steroid dienone is 5. The minimum absolute atomic E-state index is 0.257. The summed E-state index contributed by atoms with van der Waals surface area (Å²) >= 11 is 0. The van der Waals surface area contributed by atoms with Crippen LogP contribution in [-0.4, -0.2) is 12.2 Å². The number of ether oxygens (including phenoxy) is 1. The standard InChI is InChI=1S/C21H19O3P.C10H14.C7H10O.C2H6/c1-15(16-11-13-17(23-2)14-12-16)25(22)21-10-6-4-8-19(21)18-7-3-5-9-20(18)24-25;1-3-9-5-7-10(4-2)8-6-9;1-3-4-5-6-7(2)8;1-2/h3-15H,1-2H3;5-8H,3-4H2,1-2H3;3-6,8H,1H2,2H3;1-2H3/b;;5-4-,7-6+;. The molecule has 5 rings (SSSR count). The molecule has 2 unspecified atom stereocenters. The van der Waals surface area contributed by atoms with Crippen LogP contribution in [0.3, 0.4) is 0 Å². The average molecular weight is 625 g/mol. The van der Waals surface area contributed by atoms with Gasteiger partial charge in [0.2, 0.25) is 0 Å². The van der Waals surface area contributed by atoms with Crippen molar-refractivity contribution in [3.63, 3.8) is 0 Å². The number of benzene rings is 4. The monoisotopic (exact) mass is 624 g/mol. The van der Waals surface area contributed by atoms with Gasteiger partial charge >= 0.3 is 0 Å². The summed E-state index contributed by atoms with van der Waals surface area (Å²) in [5, 5.41) is 9.34. The van der Waals surface area contributed by atoms with E-state index in [0.29, 0.717) is 11.5 Å². The van der Waals surface area contributed by atoms with Gasteiger partial charge in [0.25, 0.3) is 7.37 Å². The lowest BCUT2D eigenvalue weighted by molar-refractivity contribution is 0.414. The maximum Gasteiger partial charge on any atom is 0.284 e. The molecule has 0 fully saturated rings. The molecule has 0 amide bonds. The lowest BCUT2D eigenvalue weighted by Crippen LogP contribution is -2.21. The molecule has 0 aliphatic carbocycles. The van der Waals surface area contributed by atoms with Crippen molar-refractivity contribution in [2.45, 2.75) is 60.0 Å². The first kappa shape index (κ1) is 36.9. The normalized spacial score (nSPS) is 15.2. The van der Waals surface area contributed by atoms with Crippen LogP contribution in [-0.2, 0) is 17.4 Å². The summed E-state index contributed by atoms with van der Waals surface area (Å²) in [6, 6.07) is 32.1. The van der Waals surface area contributed by atoms with Gasteiger partial charge in [-0.1, -0.05) is 125 Å². The van der Waals surface area contributed by atoms with Crippen LogP contribution in [0.1, 0.15) is 63.9 Å². The van der Waals surface area contributed by atoms with Crippen molar-refractivity contribution in [2.24, 2.45) is 0 Å². The van der Waals surface area contributed by atoms with Gasteiger partial charge in [0.05, 0.1) is 23.8 Å². The number of fused-ring (bicyclic) bond motifs is 3. The Morgan fingerprint density at radius 1 is 0.844 bits per heavy atom. The van der Waals surface area contributed by atoms with Crippen LogP contribution in [0.25, 0.3) is 11.1 Å². The lowest BCUT2D eigenvalue weighted by Gasteiger charge is -2.32. The van der Waals surface area contributed by atoms with E-state index in [4.69, 9.17) is 14.4 Å². The van der Waals surface area contributed by atoms with E-state index >= 15 is 0 Å². The van der Waals surface area contributed by atoms with E-state index in [1.807, 2.05) is 93.6 Å². The number of para-hydroxylation sites is 1. The first-order valence-electron chi connectivity index (χ1n) is 15.6. The summed E-state index contributed by atoms with van der Waals surface area (Å²) in [5.74, 6) is 1.78. The third kappa shape index (κ3) is 10.4. The van der Waals surface area contributed by atoms with Gasteiger partial charge < -0.3 is 14.4 Å². The third-order valence-electron chi connectivity index (χ3n) is 7.18. The quantitative estimate of drug-likeness (QED) is 0.126. The maximum absolute atomic E-state index is 14.0. The second-order valence-electron chi connectivity index (χ2n) is 10.1. The highest BCUT2D eigenvalue weighted by Gasteiger charge is 2.41. The smallest absolute Gasteiger partial charge is 0.284 e. The van der Waals surface area contributed by atoms with Crippen LogP contribution in [0.4, 0.5) is 0 Å². The molecule has 45 heavy (non-hydrogen) atoms. The minimum Gasteiger partial charge on any atom is -0.513 e. The topological polar surface area (TPSA) is 55.8 Å². The van der Waals surface area contributed by atoms with Gasteiger partial charge in [0.15, 0.2) is 0 Å². The van der Waals surface area contributed by atoms with E-state index in [2.05, 4.69) is 44.7 Å². The fraction of sp³-hybridized carbons (Fsp3) is 0.250. The SMILES string of the molecule is C=C/C=C\C=C(/C)O.CC.CCc1ccc(CC)cc1.COc1ccc(C(C)P2(=O)Oc3ccccc3-c3ccccc32)cc1. The Hall–Kier alpha value is -4.27. The molecule has 1 aliphatic heterocycles. The van der Waals surface area contributed by atoms with E-state index in [1.165, 1.54) is 11.1 Å². The van der Waals surface area contributed by atoms with Crippen LogP contribution in [0, 0.1) is 0 Å². The molecule has 4 nitrogen and oxygen atoms in total. The molecule has 0 saturated heterocycles. The number of aliphatic hydroxyl groups excluding tert-OH is 1. The summed E-state index contributed by atoms with van der Waals surface area (Å²) in [5.41, 5.74) is 5.56. The lowest BCUT2D eigenvalue weighted by atomic mass is 10.0. The number of hydrogen-bond donors (Lipinski definition) is 1. The number of aryl methyl sites for hydroxylation is 2. The van der Waals surface area contributed by atoms with Gasteiger partial charge in [-0.15, -0.1) is 0 Å². The van der Waals surface area contributed by atoms with E-state index in [1.54, 1.807) is 38.3 Å². The molecule has 238 valence electrons. The zero-order valence-corrected chi connectivity index (χ0v) is 28.8. The number of hydrogen-bond acceptors (Lipinski definition) is 4. The summed E-state index contributed by atoms with van der Waals surface area (Å²) in [7, 11) is -1.48. The van der Waals surface area contributed by atoms with Crippen molar-refractivity contribution >= 4 is 12.7 Å². The number of methoxy groups -OCH3 is 1. The Labute approximate surface area is 271 Å². The van der Waals surface area contributed by atoms with Crippen molar-refractivity contribution in [3.8, 4) is 22.6 Å². The van der Waals surface area contributed by atoms with Crippen LogP contribution in [0.2, 0.25) is 0 Å². The number of rotatable bonds is 7. The zero-order valence-electron chi connectivity index (χ0n) is 27.9. The van der Waals surface area contributed by atoms with Gasteiger partial charge in [0, 0.05) is 5.56 Å². The summed E-state index contributed by atoms with van der Waals surface area (Å²) < 4.78 is 25.4. The molecule has 0 saturated carbocycles. The Balaban J connectivity index is 0.000000291. The van der Waals surface area contributed by atoms with Crippen LogP contribution in [0.15, 0.2) is 134 Å². The molecule has 1 aliphatic rings. The van der Waals surface area contributed by atoms with E-state index in [9.17, 15) is 4.57 Å². The average Bonchev–Trinajstić information content (AvgIpc) is 3.09. The predicted molar refractivity (Wildman–Crippen MR) is 193 cm³/mol. The predicted octanol–water partition coefficient (Wildman–Crippen LogP) is 11.4. The Morgan fingerprint density at radius 3 is 1.89 bits per heavy atom. The summed E-state index contributed by atoms with van der Waals surface area (Å²) in [6.45, 7) is 15.4. The molecule has 0 spiro atoms. The first-order chi connectivity index (χ1) is 21.8. The molecule has 0 aromatic heterocycles. The highest BCUT2D eigenvalue weighted by atomic mass is 31.2. The Bertz CT molecular complexity index is 1540. The summed E-state index contributed by atoms with van der Waals surface area (Å²) in [6.07, 6.45) is 9.01. The molecule has 5 heteroatoms. The minimum atomic E-state index is -3.11. The highest BCUT2D eigenvalue weighted by molar-refractivity contribution is 7.68. The van der Waals surface area contributed by atoms with E-state index in [-0.39, 0.29) is 5.66 Å². The maximum atomic E-state index is 14.0. The van der Waals surface area contributed by atoms with Crippen LogP contribution in [0.5, 0.6) is 11.5 Å². The highest BCUT2D eigenvalue weighted by Crippen LogP contribution is 2.63. The van der Waals surface area contributed by atoms with Crippen molar-refractivity contribution in [1.82, 2.24) is 0 Å². The van der Waals surface area contributed by atoms with Gasteiger partial charge in [-0.3, -0.25) is 4.57 Å². The Kier molecular flexibility index (Phi) is 15.7. The molecular formula is C40H49O4P. The van der Waals surface area contributed by atoms with Crippen molar-refractivity contribution < 1.29 is 18.9 Å². The van der Waals surface area contributed by atoms with Crippen molar-refractivity contribution in [1.29, 1.82) is 0 Å². The molecule has 0 bridgehead atoms. The van der Waals surface area contributed by atoms with Crippen molar-refractivity contribution in [2.75, 3.05) is 7.11 Å². The van der Waals surface area contributed by atoms with Crippen LogP contribution >= 0.6 is 7.37 Å². The van der Waals surface area contributed by atoms with Crippen molar-refractivity contribution in [3.05, 3.63) is 150 Å². The zero-order chi connectivity index (χ0) is 33.2. The van der Waals surface area contributed by atoms with Gasteiger partial charge in [-0.2, -0.15) is 0 Å². The second-order valence-corrected chi connectivity index (χ2v) is 12.7. The molecule has 1 heterocycles. The summed E-state index contributed by atoms with van der Waals surface area (Å²) in [4.78, 5) is 0. The Morgan fingerprint density at radius 2 is 1.38 bits per heavy atom. The molecular weight excluding hydrogens is 575 g/mol. The molecule has 2 atom stereocenters. The fourth-order valence-corrected chi connectivity index (χ4v) is 7.10. The van der Waals surface area contributed by atoms with Gasteiger partial charge in [-0.25, -0.2) is 0 Å². The van der Waals surface area contributed by atoms with Gasteiger partial charge in [-0.05, 0) is 79.3 Å².